The van der Waals surface area contributed by atoms with Crippen molar-refractivity contribution in [3.63, 3.8) is 0 Å². The van der Waals surface area contributed by atoms with Crippen LogP contribution in [0.2, 0.25) is 52.4 Å². The van der Waals surface area contributed by atoms with Crippen molar-refractivity contribution in [2.45, 2.75) is 143 Å². The molecule has 0 N–H and O–H groups in total. The molecule has 2 aliphatic rings. The van der Waals surface area contributed by atoms with Crippen LogP contribution in [0.1, 0.15) is 89.2 Å². The SMILES string of the molecule is CC1(Cc2cc3c(-c4ccc([Si](C)(C)C)cc4)cccc3[cH-]2)CCCCC1.CC1(Cc2cc3c(-c4ccc([Si](C)(C)C)cc4)cccc3[cH-]2)CCCCC1.C[Si]C.[Cl][Zr+2][Cl]. The van der Waals surface area contributed by atoms with E-state index in [2.05, 4.69) is 175 Å². The third-order valence-electron chi connectivity index (χ3n) is 13.1. The second-order valence-electron chi connectivity index (χ2n) is 20.7. The molecule has 0 heterocycles. The summed E-state index contributed by atoms with van der Waals surface area (Å²) in [6, 6.07) is 42.1. The summed E-state index contributed by atoms with van der Waals surface area (Å²) in [6.45, 7) is 23.8. The van der Waals surface area contributed by atoms with E-state index in [0.717, 1.165) is 9.52 Å². The van der Waals surface area contributed by atoms with Gasteiger partial charge in [-0.15, -0.1) is 69.1 Å². The van der Waals surface area contributed by atoms with Crippen LogP contribution in [-0.2, 0) is 33.7 Å². The minimum atomic E-state index is -1.24. The van der Waals surface area contributed by atoms with Crippen LogP contribution in [0.5, 0.6) is 0 Å². The fourth-order valence-corrected chi connectivity index (χ4v) is 12.1. The monoisotopic (exact) mass is 964 g/mol. The van der Waals surface area contributed by atoms with E-state index in [9.17, 15) is 0 Å². The van der Waals surface area contributed by atoms with Gasteiger partial charge in [-0.3, -0.25) is 0 Å². The van der Waals surface area contributed by atoms with Gasteiger partial charge < -0.3 is 0 Å². The first kappa shape index (κ1) is 49.2. The predicted octanol–water partition coefficient (Wildman–Crippen LogP) is 16.7. The number of hydrogen-bond acceptors (Lipinski definition) is 0. The van der Waals surface area contributed by atoms with Crippen molar-refractivity contribution in [2.75, 3.05) is 0 Å². The Labute approximate surface area is 388 Å². The van der Waals surface area contributed by atoms with Gasteiger partial charge in [-0.25, -0.2) is 0 Å². The van der Waals surface area contributed by atoms with E-state index in [0.29, 0.717) is 10.8 Å². The standard InChI is InChI=1S/2C26H33Si.C2H6Si.2ClH.Zr/c2*1-26(15-6-5-7-16-26)19-20-17-22-9-8-10-24(25(22)18-20)21-11-13-23(14-12-21)27(2,3)4;1-3-2;;;/h2*8-14,17-18H,5-7,15-16,19H2,1-4H3;1-2H3;2*1H;/q2*-1;;;;+4/p-2. The van der Waals surface area contributed by atoms with E-state index in [1.807, 2.05) is 0 Å². The van der Waals surface area contributed by atoms with Crippen molar-refractivity contribution in [3.05, 3.63) is 120 Å². The Balaban J connectivity index is 0.000000201. The van der Waals surface area contributed by atoms with Crippen LogP contribution in [0.3, 0.4) is 0 Å². The molecule has 318 valence electrons. The molecule has 0 amide bonds. The van der Waals surface area contributed by atoms with E-state index >= 15 is 0 Å². The zero-order valence-corrected chi connectivity index (χ0v) is 45.6. The van der Waals surface area contributed by atoms with Crippen molar-refractivity contribution in [2.24, 2.45) is 10.8 Å². The Bertz CT molecular complexity index is 2050. The zero-order valence-electron chi connectivity index (χ0n) is 38.6. The van der Waals surface area contributed by atoms with E-state index in [1.54, 1.807) is 0 Å². The molecule has 2 fully saturated rings. The van der Waals surface area contributed by atoms with Gasteiger partial charge in [0.1, 0.15) is 0 Å². The van der Waals surface area contributed by atoms with Crippen molar-refractivity contribution in [1.29, 1.82) is 0 Å². The van der Waals surface area contributed by atoms with Gasteiger partial charge >= 0.3 is 37.9 Å². The molecule has 0 aromatic heterocycles. The van der Waals surface area contributed by atoms with Gasteiger partial charge in [-0.1, -0.05) is 187 Å². The van der Waals surface area contributed by atoms with Gasteiger partial charge in [0.15, 0.2) is 0 Å². The zero-order chi connectivity index (χ0) is 43.6. The molecule has 0 saturated heterocycles. The van der Waals surface area contributed by atoms with E-state index in [4.69, 9.17) is 17.0 Å². The molecule has 2 radical (unpaired) electrons. The second-order valence-corrected chi connectivity index (χ2v) is 35.6. The Morgan fingerprint density at radius 1 is 0.533 bits per heavy atom. The van der Waals surface area contributed by atoms with Gasteiger partial charge in [-0.2, -0.15) is 12.1 Å². The molecular weight excluding hydrogens is 895 g/mol. The number of hydrogen-bond donors (Lipinski definition) is 0. The summed E-state index contributed by atoms with van der Waals surface area (Å²) in [5.74, 6) is 0. The normalized spacial score (nSPS) is 16.1. The molecule has 2 saturated carbocycles. The molecule has 0 nitrogen and oxygen atoms in total. The number of fused-ring (bicyclic) bond motifs is 2. The molecule has 6 aromatic rings. The fourth-order valence-electron chi connectivity index (χ4n) is 9.75. The van der Waals surface area contributed by atoms with E-state index in [1.165, 1.54) is 142 Å². The average Bonchev–Trinajstić information content (AvgIpc) is 3.81. The first-order valence-corrected chi connectivity index (χ1v) is 38.0. The van der Waals surface area contributed by atoms with Crippen LogP contribution in [0.25, 0.3) is 43.8 Å². The molecule has 0 spiro atoms. The third kappa shape index (κ3) is 13.6. The van der Waals surface area contributed by atoms with Gasteiger partial charge in [0, 0.05) is 9.52 Å². The summed E-state index contributed by atoms with van der Waals surface area (Å²) in [6.07, 6.45) is 16.5. The summed E-state index contributed by atoms with van der Waals surface area (Å²) in [5.41, 5.74) is 9.53. The van der Waals surface area contributed by atoms with Crippen LogP contribution in [0, 0.1) is 10.8 Å². The summed E-state index contributed by atoms with van der Waals surface area (Å²) in [4.78, 5) is 0. The van der Waals surface area contributed by atoms with Crippen LogP contribution in [-0.4, -0.2) is 25.7 Å². The number of rotatable bonds is 8. The minimum absolute atomic E-state index is 0.502. The molecule has 6 heteroatoms. The first-order valence-electron chi connectivity index (χ1n) is 22.6. The summed E-state index contributed by atoms with van der Waals surface area (Å²) >= 11 is -0.826. The third-order valence-corrected chi connectivity index (χ3v) is 17.3. The molecule has 60 heavy (non-hydrogen) atoms. The molecular formula is C54H72Cl2Si3Zr. The molecule has 0 bridgehead atoms. The van der Waals surface area contributed by atoms with E-state index < -0.39 is 37.0 Å². The molecule has 8 rings (SSSR count). The van der Waals surface area contributed by atoms with Crippen LogP contribution < -0.4 is 10.4 Å². The van der Waals surface area contributed by atoms with Crippen molar-refractivity contribution >= 4 is 74.6 Å². The van der Waals surface area contributed by atoms with Gasteiger partial charge in [0.05, 0.1) is 16.1 Å². The van der Waals surface area contributed by atoms with Crippen LogP contribution >= 0.6 is 17.0 Å². The molecule has 0 atom stereocenters. The fraction of sp³-hybridized carbons (Fsp3) is 0.444. The molecule has 0 aliphatic heterocycles. The topological polar surface area (TPSA) is 0 Å². The van der Waals surface area contributed by atoms with E-state index in [-0.39, 0.29) is 0 Å². The second kappa shape index (κ2) is 22.2. The number of halogens is 2. The first-order chi connectivity index (χ1) is 28.5. The van der Waals surface area contributed by atoms with Gasteiger partial charge in [0.25, 0.3) is 0 Å². The Morgan fingerprint density at radius 2 is 0.850 bits per heavy atom. The summed E-state index contributed by atoms with van der Waals surface area (Å²) in [5, 5.41) is 8.71. The quantitative estimate of drug-likeness (QED) is 0.105. The number of benzene rings is 4. The van der Waals surface area contributed by atoms with Crippen molar-refractivity contribution in [3.8, 4) is 22.3 Å². The molecule has 6 aromatic carbocycles. The predicted molar refractivity (Wildman–Crippen MR) is 275 cm³/mol. The maximum atomic E-state index is 4.93. The van der Waals surface area contributed by atoms with Crippen LogP contribution in [0.15, 0.2) is 109 Å². The van der Waals surface area contributed by atoms with Crippen LogP contribution in [0.4, 0.5) is 0 Å². The Kier molecular flexibility index (Phi) is 18.2. The Morgan fingerprint density at radius 3 is 1.15 bits per heavy atom. The average molecular weight is 968 g/mol. The van der Waals surface area contributed by atoms with Gasteiger partial charge in [-0.05, 0) is 60.5 Å². The summed E-state index contributed by atoms with van der Waals surface area (Å²) in [7, 11) is 8.47. The van der Waals surface area contributed by atoms with Gasteiger partial charge in [0.2, 0.25) is 0 Å². The molecule has 2 aliphatic carbocycles. The summed E-state index contributed by atoms with van der Waals surface area (Å²) < 4.78 is 0. The maximum absolute atomic E-state index is 4.93. The molecule has 0 unspecified atom stereocenters. The van der Waals surface area contributed by atoms with Crippen molar-refractivity contribution < 1.29 is 20.8 Å². The Hall–Kier alpha value is -1.79. The van der Waals surface area contributed by atoms with Crippen molar-refractivity contribution in [1.82, 2.24) is 0 Å².